The topological polar surface area (TPSA) is 51.2 Å². The fraction of sp³-hybridized carbons (Fsp3) is 0. The third-order valence-electron chi connectivity index (χ3n) is 5.02. The van der Waals surface area contributed by atoms with Gasteiger partial charge in [-0.05, 0) is 0 Å². The molecule has 0 bridgehead atoms. The molecule has 0 atom stereocenters. The van der Waals surface area contributed by atoms with Crippen LogP contribution in [0.4, 0.5) is 4.79 Å². The van der Waals surface area contributed by atoms with Crippen LogP contribution in [0.5, 0.6) is 0 Å². The standard InChI is InChI=1S/C25H20O3P2/c26-25(29(27,21-13-5-1-6-14-21)22-15-7-2-8-16-22)30(28,23-17-9-3-10-18-23)24-19-11-4-12-20-24/h1-20H. The summed E-state index contributed by atoms with van der Waals surface area (Å²) in [6, 6.07) is 34.5. The maximum Gasteiger partial charge on any atom is 0.266 e. The summed E-state index contributed by atoms with van der Waals surface area (Å²) >= 11 is 0. The van der Waals surface area contributed by atoms with Crippen LogP contribution in [0.15, 0.2) is 121 Å². The van der Waals surface area contributed by atoms with E-state index in [4.69, 9.17) is 0 Å². The monoisotopic (exact) mass is 430 g/mol. The molecule has 0 aromatic heterocycles. The number of carbonyl (C=O) groups is 1. The molecule has 0 spiro atoms. The second-order valence-corrected chi connectivity index (χ2v) is 12.5. The first-order valence-electron chi connectivity index (χ1n) is 9.55. The van der Waals surface area contributed by atoms with Crippen molar-refractivity contribution in [3.63, 3.8) is 0 Å². The quantitative estimate of drug-likeness (QED) is 0.399. The average Bonchev–Trinajstić information content (AvgIpc) is 2.84. The first kappa shape index (κ1) is 20.3. The summed E-state index contributed by atoms with van der Waals surface area (Å²) < 4.78 is 29.2. The van der Waals surface area contributed by atoms with E-state index in [0.717, 1.165) is 0 Å². The van der Waals surface area contributed by atoms with Gasteiger partial charge in [-0.25, -0.2) is 0 Å². The van der Waals surface area contributed by atoms with Crippen molar-refractivity contribution in [1.82, 2.24) is 0 Å². The smallest absolute Gasteiger partial charge is 0.266 e. The zero-order valence-corrected chi connectivity index (χ0v) is 18.0. The number of hydrogen-bond donors (Lipinski definition) is 0. The molecular formula is C25H20O3P2. The van der Waals surface area contributed by atoms with Gasteiger partial charge in [-0.1, -0.05) is 121 Å². The fourth-order valence-corrected chi connectivity index (χ4v) is 10.3. The summed E-state index contributed by atoms with van der Waals surface area (Å²) in [5, 5.41) is 0.799. The molecule has 0 aliphatic carbocycles. The molecule has 4 aromatic rings. The van der Waals surface area contributed by atoms with E-state index in [2.05, 4.69) is 0 Å². The van der Waals surface area contributed by atoms with E-state index in [1.54, 1.807) is 121 Å². The summed E-state index contributed by atoms with van der Waals surface area (Å²) in [5.74, 6) is 0. The van der Waals surface area contributed by atoms with Crippen LogP contribution in [-0.2, 0) is 9.13 Å². The molecule has 0 N–H and O–H groups in total. The van der Waals surface area contributed by atoms with Gasteiger partial charge >= 0.3 is 0 Å². The van der Waals surface area contributed by atoms with E-state index in [9.17, 15) is 13.9 Å². The van der Waals surface area contributed by atoms with Crippen LogP contribution in [0.1, 0.15) is 0 Å². The molecule has 4 aromatic carbocycles. The Morgan fingerprint density at radius 1 is 0.400 bits per heavy atom. The van der Waals surface area contributed by atoms with Crippen LogP contribution < -0.4 is 21.2 Å². The van der Waals surface area contributed by atoms with Gasteiger partial charge in [-0.15, -0.1) is 0 Å². The van der Waals surface area contributed by atoms with Gasteiger partial charge in [0.15, 0.2) is 0 Å². The van der Waals surface area contributed by atoms with Crippen molar-refractivity contribution in [2.24, 2.45) is 0 Å². The Hall–Kier alpha value is -2.99. The third-order valence-corrected chi connectivity index (χ3v) is 11.9. The zero-order valence-electron chi connectivity index (χ0n) is 16.2. The van der Waals surface area contributed by atoms with Crippen molar-refractivity contribution >= 4 is 40.8 Å². The van der Waals surface area contributed by atoms with Gasteiger partial charge in [0, 0.05) is 21.2 Å². The van der Waals surface area contributed by atoms with Crippen molar-refractivity contribution in [3.8, 4) is 0 Å². The Bertz CT molecular complexity index is 1050. The Kier molecular flexibility index (Phi) is 5.68. The van der Waals surface area contributed by atoms with E-state index in [0.29, 0.717) is 21.2 Å². The molecule has 3 nitrogen and oxygen atoms in total. The minimum absolute atomic E-state index is 0.383. The number of hydrogen-bond acceptors (Lipinski definition) is 3. The lowest BCUT2D eigenvalue weighted by atomic mass is 10.4. The largest absolute Gasteiger partial charge is 0.305 e. The van der Waals surface area contributed by atoms with Crippen molar-refractivity contribution in [1.29, 1.82) is 0 Å². The maximum absolute atomic E-state index is 14.6. The summed E-state index contributed by atoms with van der Waals surface area (Å²) in [6.07, 6.45) is 0. The Morgan fingerprint density at radius 2 is 0.600 bits per heavy atom. The molecule has 0 saturated carbocycles. The Morgan fingerprint density at radius 3 is 0.800 bits per heavy atom. The van der Waals surface area contributed by atoms with E-state index in [1.807, 2.05) is 0 Å². The number of carbonyl (C=O) groups excluding carboxylic acids is 1. The molecule has 0 amide bonds. The highest BCUT2D eigenvalue weighted by Gasteiger charge is 2.48. The molecular weight excluding hydrogens is 410 g/mol. The minimum atomic E-state index is -3.87. The van der Waals surface area contributed by atoms with Gasteiger partial charge in [-0.3, -0.25) is 4.79 Å². The van der Waals surface area contributed by atoms with Gasteiger partial charge in [-0.2, -0.15) is 0 Å². The normalized spacial score (nSPS) is 11.7. The first-order valence-corrected chi connectivity index (χ1v) is 13.0. The maximum atomic E-state index is 14.6. The van der Waals surface area contributed by atoms with Gasteiger partial charge in [0.05, 0.1) is 0 Å². The van der Waals surface area contributed by atoms with Crippen LogP contribution in [0.2, 0.25) is 0 Å². The lowest BCUT2D eigenvalue weighted by molar-refractivity contribution is 0.273. The second-order valence-electron chi connectivity index (χ2n) is 6.84. The average molecular weight is 430 g/mol. The number of rotatable bonds is 6. The first-order chi connectivity index (χ1) is 14.6. The van der Waals surface area contributed by atoms with Crippen LogP contribution in [-0.4, -0.2) is 5.27 Å². The predicted molar refractivity (Wildman–Crippen MR) is 125 cm³/mol. The van der Waals surface area contributed by atoms with Crippen LogP contribution >= 0.6 is 14.3 Å². The highest BCUT2D eigenvalue weighted by molar-refractivity contribution is 8.16. The molecule has 4 rings (SSSR count). The minimum Gasteiger partial charge on any atom is -0.305 e. The Labute approximate surface area is 176 Å². The van der Waals surface area contributed by atoms with Gasteiger partial charge in [0.25, 0.3) is 5.27 Å². The van der Waals surface area contributed by atoms with Gasteiger partial charge in [0.2, 0.25) is 14.3 Å². The molecule has 0 saturated heterocycles. The molecule has 0 fully saturated rings. The summed E-state index contributed by atoms with van der Waals surface area (Å²) in [7, 11) is -7.74. The Balaban J connectivity index is 2.02. The lowest BCUT2D eigenvalue weighted by Gasteiger charge is -2.25. The summed E-state index contributed by atoms with van der Waals surface area (Å²) in [5.41, 5.74) is 0. The highest BCUT2D eigenvalue weighted by Crippen LogP contribution is 2.61. The molecule has 0 radical (unpaired) electrons. The summed E-state index contributed by atoms with van der Waals surface area (Å²) in [4.78, 5) is 14.2. The number of benzene rings is 4. The zero-order chi connectivity index (χ0) is 21.0. The molecule has 0 unspecified atom stereocenters. The molecule has 30 heavy (non-hydrogen) atoms. The molecule has 148 valence electrons. The predicted octanol–water partition coefficient (Wildman–Crippen LogP) is 5.13. The van der Waals surface area contributed by atoms with Crippen LogP contribution in [0.25, 0.3) is 0 Å². The summed E-state index contributed by atoms with van der Waals surface area (Å²) in [6.45, 7) is 0. The van der Waals surface area contributed by atoms with E-state index in [1.165, 1.54) is 0 Å². The lowest BCUT2D eigenvalue weighted by Crippen LogP contribution is -2.28. The van der Waals surface area contributed by atoms with Crippen molar-refractivity contribution < 1.29 is 13.9 Å². The van der Waals surface area contributed by atoms with Crippen molar-refractivity contribution in [2.45, 2.75) is 0 Å². The van der Waals surface area contributed by atoms with Gasteiger partial charge < -0.3 is 9.13 Å². The van der Waals surface area contributed by atoms with Gasteiger partial charge in [0.1, 0.15) is 0 Å². The fourth-order valence-electron chi connectivity index (χ4n) is 3.49. The molecule has 0 heterocycles. The van der Waals surface area contributed by atoms with Crippen LogP contribution in [0.3, 0.4) is 0 Å². The SMILES string of the molecule is O=C(P(=O)(c1ccccc1)c1ccccc1)P(=O)(c1ccccc1)c1ccccc1. The van der Waals surface area contributed by atoms with E-state index >= 15 is 0 Å². The highest BCUT2D eigenvalue weighted by atomic mass is 31.2. The van der Waals surface area contributed by atoms with Crippen molar-refractivity contribution in [3.05, 3.63) is 121 Å². The van der Waals surface area contributed by atoms with E-state index < -0.39 is 19.5 Å². The molecule has 0 aliphatic heterocycles. The van der Waals surface area contributed by atoms with E-state index in [-0.39, 0.29) is 0 Å². The van der Waals surface area contributed by atoms with Crippen LogP contribution in [0, 0.1) is 0 Å². The molecule has 5 heteroatoms. The third kappa shape index (κ3) is 3.41. The van der Waals surface area contributed by atoms with Crippen molar-refractivity contribution in [2.75, 3.05) is 0 Å². The molecule has 0 aliphatic rings. The second kappa shape index (κ2) is 8.40.